The van der Waals surface area contributed by atoms with Crippen LogP contribution in [-0.2, 0) is 24.0 Å². The Morgan fingerprint density at radius 3 is 2.07 bits per heavy atom. The molecule has 0 saturated carbocycles. The molecular formula is C4H4BF2LiO6. The first-order valence-electron chi connectivity index (χ1n) is 2.76. The van der Waals surface area contributed by atoms with E-state index in [0.29, 0.717) is 12.2 Å². The van der Waals surface area contributed by atoms with Gasteiger partial charge in [0.1, 0.15) is 0 Å². The van der Waals surface area contributed by atoms with E-state index in [4.69, 9.17) is 5.11 Å². The minimum atomic E-state index is -2.45. The van der Waals surface area contributed by atoms with E-state index in [2.05, 4.69) is 14.4 Å². The van der Waals surface area contributed by atoms with Gasteiger partial charge in [-0.25, -0.2) is 9.59 Å². The molecule has 0 amide bonds. The maximum absolute atomic E-state index is 11.1. The third kappa shape index (κ3) is 7.76. The van der Waals surface area contributed by atoms with Crippen LogP contribution < -0.4 is 0 Å². The van der Waals surface area contributed by atoms with Crippen LogP contribution in [0.1, 0.15) is 0 Å². The summed E-state index contributed by atoms with van der Waals surface area (Å²) in [4.78, 5) is 25.5. The maximum atomic E-state index is 11.1. The molecule has 0 fully saturated rings. The molecule has 0 radical (unpaired) electrons. The van der Waals surface area contributed by atoms with Crippen molar-refractivity contribution in [3.8, 4) is 0 Å². The summed E-state index contributed by atoms with van der Waals surface area (Å²) in [7, 11) is -2.45. The molecule has 0 aromatic rings. The molecule has 0 saturated heterocycles. The third-order valence-electron chi connectivity index (χ3n) is 0.720. The van der Waals surface area contributed by atoms with E-state index >= 15 is 0 Å². The van der Waals surface area contributed by atoms with Crippen molar-refractivity contribution in [1.82, 2.24) is 0 Å². The summed E-state index contributed by atoms with van der Waals surface area (Å²) in [5.74, 6) is -2.75. The summed E-state index contributed by atoms with van der Waals surface area (Å²) >= 11 is 0. The Morgan fingerprint density at radius 2 is 1.71 bits per heavy atom. The second-order valence-electron chi connectivity index (χ2n) is 1.58. The Labute approximate surface area is 89.0 Å². The van der Waals surface area contributed by atoms with E-state index in [-0.39, 0.29) is 18.9 Å². The molecule has 0 spiro atoms. The molecule has 0 atom stereocenters. The minimum absolute atomic E-state index is 0. The molecule has 0 bridgehead atoms. The number of carbonyl (C=O) groups excluding carboxylic acids is 1. The summed E-state index contributed by atoms with van der Waals surface area (Å²) in [5, 5.41) is 8.01. The summed E-state index contributed by atoms with van der Waals surface area (Å²) in [6, 6.07) is 0. The number of hydrogen-bond acceptors (Lipinski definition) is 5. The molecule has 10 heteroatoms. The van der Waals surface area contributed by atoms with Crippen LogP contribution in [0, 0.1) is 0 Å². The molecule has 0 aromatic heterocycles. The van der Waals surface area contributed by atoms with Crippen molar-refractivity contribution < 1.29 is 38.1 Å². The van der Waals surface area contributed by atoms with Crippen LogP contribution in [0.4, 0.5) is 9.05 Å². The number of halogens is 2. The van der Waals surface area contributed by atoms with Crippen molar-refractivity contribution in [3.05, 3.63) is 12.2 Å². The number of carboxylic acid groups (broad SMARTS) is 1. The van der Waals surface area contributed by atoms with Gasteiger partial charge in [-0.3, -0.25) is 0 Å². The van der Waals surface area contributed by atoms with Gasteiger partial charge in [-0.05, 0) is 0 Å². The summed E-state index contributed by atoms with van der Waals surface area (Å²) < 4.78 is 26.0. The first-order chi connectivity index (χ1) is 6.10. The first kappa shape index (κ1) is 15.6. The van der Waals surface area contributed by atoms with Crippen LogP contribution in [0.15, 0.2) is 12.2 Å². The van der Waals surface area contributed by atoms with E-state index in [9.17, 15) is 18.6 Å². The van der Waals surface area contributed by atoms with Crippen LogP contribution in [0.25, 0.3) is 0 Å². The first-order valence-corrected chi connectivity index (χ1v) is 2.76. The third-order valence-corrected chi connectivity index (χ3v) is 0.720. The number of carbonyl (C=O) groups is 2. The molecule has 0 aliphatic rings. The van der Waals surface area contributed by atoms with Crippen molar-refractivity contribution in [2.75, 3.05) is 0 Å². The Hall–Kier alpha value is -0.878. The van der Waals surface area contributed by atoms with Crippen LogP contribution in [0.5, 0.6) is 0 Å². The molecule has 0 rings (SSSR count). The monoisotopic (exact) mass is 204 g/mol. The molecule has 0 unspecified atom stereocenters. The topological polar surface area (TPSA) is 82.1 Å². The zero-order valence-corrected chi connectivity index (χ0v) is 5.98. The Morgan fingerprint density at radius 1 is 1.21 bits per heavy atom. The Bertz CT molecular complexity index is 220. The molecule has 0 aliphatic carbocycles. The number of hydrogen-bond donors (Lipinski definition) is 1. The molecule has 0 aromatic carbocycles. The van der Waals surface area contributed by atoms with Crippen molar-refractivity contribution in [1.29, 1.82) is 0 Å². The fraction of sp³-hybridized carbons (Fsp3) is 0. The Kier molecular flexibility index (Phi) is 9.70. The van der Waals surface area contributed by atoms with Gasteiger partial charge in [0.25, 0.3) is 0 Å². The summed E-state index contributed by atoms with van der Waals surface area (Å²) in [6.07, 6.45) is 0.837. The summed E-state index contributed by atoms with van der Waals surface area (Å²) in [6.45, 7) is 0. The normalized spacial score (nSPS) is 9.29. The van der Waals surface area contributed by atoms with Gasteiger partial charge in [0.05, 0.1) is 0 Å². The van der Waals surface area contributed by atoms with Gasteiger partial charge < -0.3 is 9.76 Å². The molecule has 1 N–H and O–H groups in total. The summed E-state index contributed by atoms with van der Waals surface area (Å²) in [5.41, 5.74) is 0. The van der Waals surface area contributed by atoms with Crippen molar-refractivity contribution in [3.63, 3.8) is 0 Å². The fourth-order valence-corrected chi connectivity index (χ4v) is 0.324. The predicted octanol–water partition coefficient (Wildman–Crippen LogP) is -0.691. The van der Waals surface area contributed by atoms with E-state index < -0.39 is 19.3 Å². The average Bonchev–Trinajstić information content (AvgIpc) is 2.10. The van der Waals surface area contributed by atoms with Gasteiger partial charge >= 0.3 is 38.1 Å². The van der Waals surface area contributed by atoms with Crippen LogP contribution in [0.2, 0.25) is 0 Å². The van der Waals surface area contributed by atoms with Crippen molar-refractivity contribution in [2.45, 2.75) is 0 Å². The zero-order valence-electron chi connectivity index (χ0n) is 5.98. The van der Waals surface area contributed by atoms with E-state index in [1.54, 1.807) is 0 Å². The molecule has 14 heavy (non-hydrogen) atoms. The molecule has 0 heterocycles. The quantitative estimate of drug-likeness (QED) is 0.471. The van der Waals surface area contributed by atoms with Crippen LogP contribution in [0.3, 0.4) is 0 Å². The van der Waals surface area contributed by atoms with Gasteiger partial charge in [-0.15, -0.1) is 0 Å². The average molecular weight is 204 g/mol. The van der Waals surface area contributed by atoms with E-state index in [1.807, 2.05) is 0 Å². The fourth-order valence-electron chi connectivity index (χ4n) is 0.324. The SMILES string of the molecule is O=C(O)/C=C\C(=O)OB(OF)OF.[LiH]. The van der Waals surface area contributed by atoms with Gasteiger partial charge in [0.2, 0.25) is 0 Å². The molecular weight excluding hydrogens is 200 g/mol. The van der Waals surface area contributed by atoms with Crippen LogP contribution >= 0.6 is 0 Å². The van der Waals surface area contributed by atoms with Gasteiger partial charge in [-0.2, -0.15) is 9.72 Å². The molecule has 74 valence electrons. The van der Waals surface area contributed by atoms with E-state index in [1.165, 1.54) is 0 Å². The number of aliphatic carboxylic acids is 1. The Balaban J connectivity index is 0. The predicted molar refractivity (Wildman–Crippen MR) is 40.2 cm³/mol. The second kappa shape index (κ2) is 8.71. The van der Waals surface area contributed by atoms with Crippen molar-refractivity contribution >= 4 is 38.1 Å². The van der Waals surface area contributed by atoms with Crippen LogP contribution in [-0.4, -0.2) is 43.2 Å². The van der Waals surface area contributed by atoms with Gasteiger partial charge in [0, 0.05) is 12.2 Å². The second-order valence-corrected chi connectivity index (χ2v) is 1.58. The van der Waals surface area contributed by atoms with E-state index in [0.717, 1.165) is 0 Å². The van der Waals surface area contributed by atoms with Gasteiger partial charge in [0.15, 0.2) is 0 Å². The molecule has 6 nitrogen and oxygen atoms in total. The van der Waals surface area contributed by atoms with Gasteiger partial charge in [-0.1, -0.05) is 9.05 Å². The number of carboxylic acids is 1. The molecule has 0 aliphatic heterocycles. The van der Waals surface area contributed by atoms with Crippen molar-refractivity contribution in [2.24, 2.45) is 0 Å². The zero-order chi connectivity index (χ0) is 10.3. The standard InChI is InChI=1S/C4H3BF2O6.Li.H/c6-12-5(13-7)11-4(10)2-1-3(8)9;;/h1-2H,(H,8,9);;/b2-1-;;. The number of rotatable bonds is 5.